The van der Waals surface area contributed by atoms with Gasteiger partial charge >= 0.3 is 58.2 Å². The normalized spacial score (nSPS) is 9.29. The van der Waals surface area contributed by atoms with Crippen LogP contribution in [0.3, 0.4) is 0 Å². The summed E-state index contributed by atoms with van der Waals surface area (Å²) < 4.78 is 0. The molecule has 0 fully saturated rings. The number of rotatable bonds is 8. The molecule has 3 nitrogen and oxygen atoms in total. The van der Waals surface area contributed by atoms with Crippen molar-refractivity contribution >= 4 is 5.91 Å². The molecule has 0 rings (SSSR count). The molecular formula is C10H21N2ORb. The molecule has 78 valence electrons. The maximum atomic E-state index is 11.1. The minimum absolute atomic E-state index is 0. The van der Waals surface area contributed by atoms with Crippen LogP contribution in [-0.4, -0.2) is 19.0 Å². The Kier molecular flexibility index (Phi) is 17.9. The molecule has 1 amide bonds. The van der Waals surface area contributed by atoms with Gasteiger partial charge in [-0.1, -0.05) is 26.2 Å². The second-order valence-electron chi connectivity index (χ2n) is 3.26. The van der Waals surface area contributed by atoms with Crippen molar-refractivity contribution in [3.8, 4) is 0 Å². The fraction of sp³-hybridized carbons (Fsp3) is 0.900. The summed E-state index contributed by atoms with van der Waals surface area (Å²) in [5, 5.41) is 2.87. The van der Waals surface area contributed by atoms with E-state index in [1.54, 1.807) is 0 Å². The minimum atomic E-state index is 0. The van der Waals surface area contributed by atoms with E-state index >= 15 is 0 Å². The van der Waals surface area contributed by atoms with Crippen molar-refractivity contribution in [1.82, 2.24) is 5.32 Å². The zero-order chi connectivity index (χ0) is 9.94. The number of hydrogen-bond acceptors (Lipinski definition) is 1. The van der Waals surface area contributed by atoms with E-state index in [1.807, 2.05) is 0 Å². The average Bonchev–Trinajstić information content (AvgIpc) is 2.13. The molecular weight excluding hydrogens is 250 g/mol. The van der Waals surface area contributed by atoms with Crippen molar-refractivity contribution in [3.63, 3.8) is 0 Å². The van der Waals surface area contributed by atoms with Gasteiger partial charge in [-0.15, -0.1) is 0 Å². The summed E-state index contributed by atoms with van der Waals surface area (Å²) in [5.41, 5.74) is 6.92. The number of carbonyl (C=O) groups excluding carboxylic acids is 1. The molecule has 0 aromatic carbocycles. The first-order valence-electron chi connectivity index (χ1n) is 5.22. The summed E-state index contributed by atoms with van der Waals surface area (Å²) in [6.45, 7) is 3.41. The van der Waals surface area contributed by atoms with Crippen LogP contribution in [0.1, 0.15) is 45.4 Å². The molecule has 0 aromatic rings. The predicted octanol–water partition coefficient (Wildman–Crippen LogP) is -0.481. The Morgan fingerprint density at radius 1 is 1.21 bits per heavy atom. The summed E-state index contributed by atoms with van der Waals surface area (Å²) in [4.78, 5) is 11.1. The van der Waals surface area contributed by atoms with Crippen LogP contribution in [-0.2, 0) is 4.79 Å². The molecule has 0 unspecified atom stereocenters. The van der Waals surface area contributed by atoms with Crippen LogP contribution in [0.2, 0.25) is 0 Å². The van der Waals surface area contributed by atoms with Gasteiger partial charge in [0, 0.05) is 13.0 Å². The maximum Gasteiger partial charge on any atom is 1.00 e. The average molecular weight is 271 g/mol. The molecule has 0 spiro atoms. The van der Waals surface area contributed by atoms with E-state index in [4.69, 9.17) is 5.73 Å². The van der Waals surface area contributed by atoms with E-state index in [0.29, 0.717) is 13.0 Å². The third-order valence-electron chi connectivity index (χ3n) is 1.93. The Balaban J connectivity index is 0. The molecule has 4 heteroatoms. The minimum Gasteiger partial charge on any atom is -0.677 e. The summed E-state index contributed by atoms with van der Waals surface area (Å²) >= 11 is 0. The maximum absolute atomic E-state index is 11.1. The fourth-order valence-electron chi connectivity index (χ4n) is 1.08. The fourth-order valence-corrected chi connectivity index (χ4v) is 1.08. The molecule has 0 bridgehead atoms. The monoisotopic (exact) mass is 270 g/mol. The van der Waals surface area contributed by atoms with Gasteiger partial charge in [0.05, 0.1) is 0 Å². The van der Waals surface area contributed by atoms with Gasteiger partial charge in [-0.05, 0) is 12.8 Å². The van der Waals surface area contributed by atoms with Crippen LogP contribution in [0.4, 0.5) is 0 Å². The van der Waals surface area contributed by atoms with Crippen molar-refractivity contribution in [2.45, 2.75) is 45.4 Å². The van der Waals surface area contributed by atoms with E-state index in [-0.39, 0.29) is 64.1 Å². The summed E-state index contributed by atoms with van der Waals surface area (Å²) in [7, 11) is 0. The van der Waals surface area contributed by atoms with E-state index in [0.717, 1.165) is 38.6 Å². The Labute approximate surface area is 136 Å². The molecule has 0 radical (unpaired) electrons. The molecule has 0 heterocycles. The van der Waals surface area contributed by atoms with Crippen LogP contribution < -0.4 is 63.5 Å². The third-order valence-corrected chi connectivity index (χ3v) is 1.93. The molecule has 0 aromatic heterocycles. The van der Waals surface area contributed by atoms with Gasteiger partial charge in [-0.2, -0.15) is 6.54 Å². The van der Waals surface area contributed by atoms with Crippen LogP contribution in [0.5, 0.6) is 0 Å². The zero-order valence-electron chi connectivity index (χ0n) is 9.57. The zero-order valence-corrected chi connectivity index (χ0v) is 14.5. The molecule has 0 aliphatic carbocycles. The van der Waals surface area contributed by atoms with Gasteiger partial charge < -0.3 is 11.1 Å². The SMILES string of the molecule is CCCCNC(=O)CCCCC[NH-].[Rb+]. The van der Waals surface area contributed by atoms with Crippen molar-refractivity contribution < 1.29 is 63.0 Å². The van der Waals surface area contributed by atoms with Crippen molar-refractivity contribution in [1.29, 1.82) is 0 Å². The van der Waals surface area contributed by atoms with Crippen LogP contribution in [0.25, 0.3) is 5.73 Å². The number of nitrogens with one attached hydrogen (secondary N) is 2. The van der Waals surface area contributed by atoms with Crippen LogP contribution in [0, 0.1) is 0 Å². The molecule has 2 N–H and O–H groups in total. The Morgan fingerprint density at radius 2 is 1.93 bits per heavy atom. The van der Waals surface area contributed by atoms with Crippen molar-refractivity contribution in [3.05, 3.63) is 5.73 Å². The Hall–Kier alpha value is 1.24. The number of unbranched alkanes of at least 4 members (excludes halogenated alkanes) is 3. The van der Waals surface area contributed by atoms with Gasteiger partial charge in [0.25, 0.3) is 0 Å². The first kappa shape index (κ1) is 17.6. The molecule has 0 aliphatic heterocycles. The second-order valence-corrected chi connectivity index (χ2v) is 3.26. The third kappa shape index (κ3) is 13.2. The first-order valence-corrected chi connectivity index (χ1v) is 5.22. The molecule has 0 saturated heterocycles. The molecule has 0 atom stereocenters. The molecule has 14 heavy (non-hydrogen) atoms. The summed E-state index contributed by atoms with van der Waals surface area (Å²) in [5.74, 6) is 0.165. The number of amides is 1. The number of carbonyl (C=O) groups is 1. The van der Waals surface area contributed by atoms with Crippen LogP contribution in [0.15, 0.2) is 0 Å². The van der Waals surface area contributed by atoms with E-state index in [2.05, 4.69) is 12.2 Å². The van der Waals surface area contributed by atoms with Gasteiger partial charge in [-0.25, -0.2) is 0 Å². The van der Waals surface area contributed by atoms with E-state index in [1.165, 1.54) is 0 Å². The van der Waals surface area contributed by atoms with Gasteiger partial charge in [0.15, 0.2) is 0 Å². The predicted molar refractivity (Wildman–Crippen MR) is 55.6 cm³/mol. The van der Waals surface area contributed by atoms with Crippen molar-refractivity contribution in [2.24, 2.45) is 0 Å². The van der Waals surface area contributed by atoms with Gasteiger partial charge in [-0.3, -0.25) is 4.79 Å². The summed E-state index contributed by atoms with van der Waals surface area (Å²) in [6, 6.07) is 0. The topological polar surface area (TPSA) is 52.9 Å². The van der Waals surface area contributed by atoms with Gasteiger partial charge in [0.1, 0.15) is 0 Å². The Morgan fingerprint density at radius 3 is 2.50 bits per heavy atom. The smallest absolute Gasteiger partial charge is 0.677 e. The molecule has 0 saturated carbocycles. The van der Waals surface area contributed by atoms with E-state index in [9.17, 15) is 4.79 Å². The van der Waals surface area contributed by atoms with E-state index < -0.39 is 0 Å². The standard InChI is InChI=1S/C10H21N2O.Rb/c1-2-3-9-12-10(13)7-5-4-6-8-11;/h11H,2-9H2,1H3,(H,12,13);/q-1;+1. The van der Waals surface area contributed by atoms with Crippen molar-refractivity contribution in [2.75, 3.05) is 13.1 Å². The molecule has 0 aliphatic rings. The summed E-state index contributed by atoms with van der Waals surface area (Å²) in [6.07, 6.45) is 5.67. The largest absolute Gasteiger partial charge is 1.00 e. The number of hydrogen-bond donors (Lipinski definition) is 1. The quantitative estimate of drug-likeness (QED) is 0.595. The first-order chi connectivity index (χ1) is 6.31. The second kappa shape index (κ2) is 14.2. The van der Waals surface area contributed by atoms with Crippen LogP contribution >= 0.6 is 0 Å². The van der Waals surface area contributed by atoms with Gasteiger partial charge in [0.2, 0.25) is 5.91 Å². The Bertz CT molecular complexity index is 131.